The number of aromatic amines is 1. The number of H-pyrrole nitrogens is 1. The standard InChI is InChI=1S/C6H5N3O/c10-6-5-3-7-1-4(5)2-8-9-6/h1-3,7H,(H,9,10). The number of fused-ring (bicyclic) bond motifs is 1. The van der Waals surface area contributed by atoms with Crippen LogP contribution in [0.3, 0.4) is 0 Å². The Morgan fingerprint density at radius 3 is 3.10 bits per heavy atom. The minimum Gasteiger partial charge on any atom is -0.492 e. The zero-order valence-corrected chi connectivity index (χ0v) is 5.07. The van der Waals surface area contributed by atoms with Crippen molar-refractivity contribution in [1.29, 1.82) is 0 Å². The van der Waals surface area contributed by atoms with Crippen LogP contribution in [0, 0.1) is 0 Å². The molecule has 0 spiro atoms. The lowest BCUT2D eigenvalue weighted by atomic mass is 10.3. The molecule has 0 aliphatic heterocycles. The van der Waals surface area contributed by atoms with Crippen LogP contribution in [0.15, 0.2) is 18.6 Å². The third-order valence-electron chi connectivity index (χ3n) is 1.37. The van der Waals surface area contributed by atoms with Gasteiger partial charge in [0.05, 0.1) is 11.6 Å². The third-order valence-corrected chi connectivity index (χ3v) is 1.37. The minimum absolute atomic E-state index is 0.0289. The Labute approximate surface area is 56.5 Å². The average molecular weight is 135 g/mol. The lowest BCUT2D eigenvalue weighted by Crippen LogP contribution is -1.78. The molecule has 2 N–H and O–H groups in total. The first-order valence-corrected chi connectivity index (χ1v) is 2.85. The van der Waals surface area contributed by atoms with E-state index in [1.165, 1.54) is 0 Å². The zero-order valence-electron chi connectivity index (χ0n) is 5.07. The molecule has 50 valence electrons. The number of hydrogen-bond acceptors (Lipinski definition) is 3. The Bertz CT molecular complexity index is 355. The van der Waals surface area contributed by atoms with E-state index in [-0.39, 0.29) is 5.88 Å². The molecule has 2 aromatic rings. The minimum atomic E-state index is -0.0289. The summed E-state index contributed by atoms with van der Waals surface area (Å²) in [4.78, 5) is 2.84. The van der Waals surface area contributed by atoms with Crippen LogP contribution in [0.4, 0.5) is 0 Å². The van der Waals surface area contributed by atoms with Gasteiger partial charge in [-0.2, -0.15) is 5.10 Å². The normalized spacial score (nSPS) is 10.4. The van der Waals surface area contributed by atoms with E-state index in [2.05, 4.69) is 15.2 Å². The largest absolute Gasteiger partial charge is 0.492 e. The van der Waals surface area contributed by atoms with Gasteiger partial charge in [-0.15, -0.1) is 5.10 Å². The van der Waals surface area contributed by atoms with Crippen LogP contribution in [0.2, 0.25) is 0 Å². The molecule has 0 bridgehead atoms. The molecule has 2 heterocycles. The van der Waals surface area contributed by atoms with E-state index in [4.69, 9.17) is 5.11 Å². The van der Waals surface area contributed by atoms with Crippen LogP contribution in [-0.4, -0.2) is 20.3 Å². The maximum Gasteiger partial charge on any atom is 0.240 e. The zero-order chi connectivity index (χ0) is 6.97. The summed E-state index contributed by atoms with van der Waals surface area (Å²) in [6.07, 6.45) is 5.02. The van der Waals surface area contributed by atoms with E-state index < -0.39 is 0 Å². The molecule has 4 heteroatoms. The van der Waals surface area contributed by atoms with Crippen molar-refractivity contribution in [1.82, 2.24) is 15.2 Å². The molecule has 0 radical (unpaired) electrons. The molecule has 4 nitrogen and oxygen atoms in total. The second kappa shape index (κ2) is 1.70. The van der Waals surface area contributed by atoms with Crippen molar-refractivity contribution < 1.29 is 5.11 Å². The molecular weight excluding hydrogens is 130 g/mol. The van der Waals surface area contributed by atoms with Gasteiger partial charge < -0.3 is 10.1 Å². The summed E-state index contributed by atoms with van der Waals surface area (Å²) in [5, 5.41) is 17.7. The molecule has 0 fully saturated rings. The number of nitrogens with one attached hydrogen (secondary N) is 1. The van der Waals surface area contributed by atoms with Gasteiger partial charge in [0.2, 0.25) is 5.88 Å². The van der Waals surface area contributed by atoms with Crippen LogP contribution in [0.1, 0.15) is 0 Å². The van der Waals surface area contributed by atoms with Gasteiger partial charge in [0.1, 0.15) is 0 Å². The Morgan fingerprint density at radius 1 is 1.40 bits per heavy atom. The van der Waals surface area contributed by atoms with Crippen molar-refractivity contribution in [2.75, 3.05) is 0 Å². The van der Waals surface area contributed by atoms with Crippen molar-refractivity contribution in [3.8, 4) is 5.88 Å². The molecule has 0 aromatic carbocycles. The van der Waals surface area contributed by atoms with Crippen molar-refractivity contribution in [3.05, 3.63) is 18.6 Å². The smallest absolute Gasteiger partial charge is 0.240 e. The highest BCUT2D eigenvalue weighted by Crippen LogP contribution is 2.18. The van der Waals surface area contributed by atoms with Crippen molar-refractivity contribution in [2.45, 2.75) is 0 Å². The fourth-order valence-electron chi connectivity index (χ4n) is 0.876. The van der Waals surface area contributed by atoms with E-state index in [9.17, 15) is 0 Å². The van der Waals surface area contributed by atoms with E-state index in [0.29, 0.717) is 5.39 Å². The van der Waals surface area contributed by atoms with Crippen LogP contribution < -0.4 is 0 Å². The van der Waals surface area contributed by atoms with E-state index >= 15 is 0 Å². The van der Waals surface area contributed by atoms with Crippen molar-refractivity contribution in [3.63, 3.8) is 0 Å². The van der Waals surface area contributed by atoms with Crippen LogP contribution >= 0.6 is 0 Å². The first-order chi connectivity index (χ1) is 4.88. The highest BCUT2D eigenvalue weighted by Gasteiger charge is 1.99. The van der Waals surface area contributed by atoms with Crippen molar-refractivity contribution >= 4 is 10.8 Å². The molecular formula is C6H5N3O. The van der Waals surface area contributed by atoms with Gasteiger partial charge in [-0.05, 0) is 0 Å². The predicted molar refractivity (Wildman–Crippen MR) is 35.6 cm³/mol. The number of aromatic nitrogens is 3. The van der Waals surface area contributed by atoms with Crippen LogP contribution in [-0.2, 0) is 0 Å². The molecule has 0 saturated carbocycles. The Morgan fingerprint density at radius 2 is 2.30 bits per heavy atom. The lowest BCUT2D eigenvalue weighted by Gasteiger charge is -1.88. The summed E-state index contributed by atoms with van der Waals surface area (Å²) < 4.78 is 0. The van der Waals surface area contributed by atoms with Crippen LogP contribution in [0.5, 0.6) is 5.88 Å². The Kier molecular flexibility index (Phi) is 0.887. The number of hydrogen-bond donors (Lipinski definition) is 2. The van der Waals surface area contributed by atoms with Crippen molar-refractivity contribution in [2.24, 2.45) is 0 Å². The third kappa shape index (κ3) is 0.556. The SMILES string of the molecule is Oc1nncc2c[nH]cc12. The second-order valence-corrected chi connectivity index (χ2v) is 1.99. The average Bonchev–Trinajstić information content (AvgIpc) is 2.36. The van der Waals surface area contributed by atoms with Gasteiger partial charge in [-0.1, -0.05) is 0 Å². The predicted octanol–water partition coefficient (Wildman–Crippen LogP) is 0.663. The highest BCUT2D eigenvalue weighted by molar-refractivity contribution is 5.84. The topological polar surface area (TPSA) is 61.8 Å². The molecule has 2 rings (SSSR count). The van der Waals surface area contributed by atoms with Gasteiger partial charge in [0.15, 0.2) is 0 Å². The van der Waals surface area contributed by atoms with Gasteiger partial charge >= 0.3 is 0 Å². The Hall–Kier alpha value is -1.58. The number of aromatic hydroxyl groups is 1. The van der Waals surface area contributed by atoms with E-state index in [0.717, 1.165) is 5.39 Å². The maximum absolute atomic E-state index is 9.07. The van der Waals surface area contributed by atoms with Gasteiger partial charge in [0.25, 0.3) is 0 Å². The Balaban J connectivity index is 2.95. The first-order valence-electron chi connectivity index (χ1n) is 2.85. The van der Waals surface area contributed by atoms with Gasteiger partial charge in [-0.3, -0.25) is 0 Å². The summed E-state index contributed by atoms with van der Waals surface area (Å²) in [6.45, 7) is 0. The summed E-state index contributed by atoms with van der Waals surface area (Å²) >= 11 is 0. The fraction of sp³-hybridized carbons (Fsp3) is 0. The first kappa shape index (κ1) is 5.22. The maximum atomic E-state index is 9.07. The summed E-state index contributed by atoms with van der Waals surface area (Å²) in [5.74, 6) is -0.0289. The highest BCUT2D eigenvalue weighted by atomic mass is 16.3. The summed E-state index contributed by atoms with van der Waals surface area (Å²) in [5.41, 5.74) is 0. The molecule has 0 saturated heterocycles. The lowest BCUT2D eigenvalue weighted by molar-refractivity contribution is 0.452. The quantitative estimate of drug-likeness (QED) is 0.557. The molecule has 10 heavy (non-hydrogen) atoms. The van der Waals surface area contributed by atoms with E-state index in [1.807, 2.05) is 0 Å². The fourth-order valence-corrected chi connectivity index (χ4v) is 0.876. The van der Waals surface area contributed by atoms with E-state index in [1.54, 1.807) is 18.6 Å². The molecule has 0 aliphatic carbocycles. The number of nitrogens with zero attached hydrogens (tertiary/aromatic N) is 2. The molecule has 2 aromatic heterocycles. The second-order valence-electron chi connectivity index (χ2n) is 1.99. The number of rotatable bonds is 0. The summed E-state index contributed by atoms with van der Waals surface area (Å²) in [6, 6.07) is 0. The summed E-state index contributed by atoms with van der Waals surface area (Å²) in [7, 11) is 0. The van der Waals surface area contributed by atoms with Crippen LogP contribution in [0.25, 0.3) is 10.8 Å². The molecule has 0 unspecified atom stereocenters. The molecule has 0 atom stereocenters. The van der Waals surface area contributed by atoms with Gasteiger partial charge in [0, 0.05) is 17.8 Å². The molecule has 0 aliphatic rings. The monoisotopic (exact) mass is 135 g/mol. The molecule has 0 amide bonds. The van der Waals surface area contributed by atoms with Gasteiger partial charge in [-0.25, -0.2) is 0 Å².